The van der Waals surface area contributed by atoms with Crippen molar-refractivity contribution in [2.75, 3.05) is 13.1 Å². The van der Waals surface area contributed by atoms with Gasteiger partial charge in [-0.3, -0.25) is 4.79 Å². The zero-order valence-electron chi connectivity index (χ0n) is 9.96. The Morgan fingerprint density at radius 3 is 2.33 bits per heavy atom. The summed E-state index contributed by atoms with van der Waals surface area (Å²) in [7, 11) is 0. The lowest BCUT2D eigenvalue weighted by Gasteiger charge is -2.11. The van der Waals surface area contributed by atoms with Crippen molar-refractivity contribution >= 4 is 5.91 Å². The van der Waals surface area contributed by atoms with Gasteiger partial charge in [0, 0.05) is 6.04 Å². The Bertz CT molecular complexity index is 342. The first-order chi connectivity index (χ1) is 8.46. The highest BCUT2D eigenvalue weighted by atomic mass is 19.4. The average Bonchev–Trinajstić information content (AvgIpc) is 2.69. The molecule has 2 N–H and O–H groups in total. The third-order valence-electron chi connectivity index (χ3n) is 4.67. The maximum atomic E-state index is 11.9. The molecule has 0 aromatic heterocycles. The fourth-order valence-corrected chi connectivity index (χ4v) is 4.07. The molecule has 3 rings (SSSR count). The lowest BCUT2D eigenvalue weighted by atomic mass is 10.0. The van der Waals surface area contributed by atoms with Crippen LogP contribution in [0.5, 0.6) is 0 Å². The summed E-state index contributed by atoms with van der Waals surface area (Å²) in [5, 5.41) is 5.00. The summed E-state index contributed by atoms with van der Waals surface area (Å²) in [4.78, 5) is 11.5. The summed E-state index contributed by atoms with van der Waals surface area (Å²) in [5.41, 5.74) is 0. The second kappa shape index (κ2) is 4.11. The topological polar surface area (TPSA) is 41.1 Å². The van der Waals surface area contributed by atoms with Crippen LogP contribution in [0.4, 0.5) is 13.2 Å². The van der Waals surface area contributed by atoms with Crippen molar-refractivity contribution in [3.8, 4) is 0 Å². The van der Waals surface area contributed by atoms with Crippen LogP contribution in [0.25, 0.3) is 0 Å². The van der Waals surface area contributed by atoms with Crippen molar-refractivity contribution in [3.05, 3.63) is 0 Å². The number of rotatable bonds is 4. The summed E-state index contributed by atoms with van der Waals surface area (Å²) < 4.78 is 35.7. The number of nitrogens with one attached hydrogen (secondary N) is 2. The van der Waals surface area contributed by atoms with Gasteiger partial charge in [-0.15, -0.1) is 0 Å². The minimum atomic E-state index is -4.25. The lowest BCUT2D eigenvalue weighted by Crippen LogP contribution is -2.40. The van der Waals surface area contributed by atoms with Crippen LogP contribution in [0.2, 0.25) is 0 Å². The quantitative estimate of drug-likeness (QED) is 0.802. The maximum Gasteiger partial charge on any atom is 0.401 e. The molecule has 2 bridgehead atoms. The lowest BCUT2D eigenvalue weighted by molar-refractivity contribution is -0.128. The van der Waals surface area contributed by atoms with E-state index in [-0.39, 0.29) is 18.5 Å². The molecular weight excluding hydrogens is 245 g/mol. The van der Waals surface area contributed by atoms with Gasteiger partial charge in [-0.05, 0) is 42.9 Å². The highest BCUT2D eigenvalue weighted by molar-refractivity contribution is 5.78. The molecule has 3 aliphatic rings. The molecule has 0 spiro atoms. The molecule has 18 heavy (non-hydrogen) atoms. The van der Waals surface area contributed by atoms with Crippen molar-refractivity contribution < 1.29 is 18.0 Å². The Hall–Kier alpha value is -0.780. The molecule has 4 atom stereocenters. The van der Waals surface area contributed by atoms with E-state index in [0.29, 0.717) is 11.8 Å². The Balaban J connectivity index is 1.39. The van der Waals surface area contributed by atoms with Crippen LogP contribution < -0.4 is 10.6 Å². The highest BCUT2D eigenvalue weighted by Gasteiger charge is 2.65. The summed E-state index contributed by atoms with van der Waals surface area (Å²) >= 11 is 0. The van der Waals surface area contributed by atoms with E-state index in [1.54, 1.807) is 0 Å². The fourth-order valence-electron chi connectivity index (χ4n) is 4.07. The Morgan fingerprint density at radius 1 is 1.17 bits per heavy atom. The number of halogens is 3. The summed E-state index contributed by atoms with van der Waals surface area (Å²) in [6, 6.07) is 0.247. The van der Waals surface area contributed by atoms with E-state index < -0.39 is 12.7 Å². The van der Waals surface area contributed by atoms with Crippen molar-refractivity contribution in [3.63, 3.8) is 0 Å². The summed E-state index contributed by atoms with van der Waals surface area (Å²) in [6.45, 7) is -1.35. The van der Waals surface area contributed by atoms with Crippen LogP contribution in [0, 0.1) is 23.7 Å². The van der Waals surface area contributed by atoms with Crippen molar-refractivity contribution in [1.29, 1.82) is 0 Å². The third-order valence-corrected chi connectivity index (χ3v) is 4.67. The van der Waals surface area contributed by atoms with Crippen molar-refractivity contribution in [1.82, 2.24) is 10.6 Å². The monoisotopic (exact) mass is 262 g/mol. The number of fused-ring (bicyclic) bond motifs is 5. The number of amides is 1. The zero-order valence-corrected chi connectivity index (χ0v) is 9.96. The molecule has 3 aliphatic carbocycles. The second-order valence-electron chi connectivity index (χ2n) is 5.80. The van der Waals surface area contributed by atoms with E-state index in [1.165, 1.54) is 19.3 Å². The van der Waals surface area contributed by atoms with Gasteiger partial charge in [-0.25, -0.2) is 0 Å². The Kier molecular flexibility index (Phi) is 2.80. The molecule has 0 aromatic carbocycles. The zero-order chi connectivity index (χ0) is 12.9. The normalized spacial score (nSPS) is 40.7. The highest BCUT2D eigenvalue weighted by Crippen LogP contribution is 2.65. The van der Waals surface area contributed by atoms with E-state index in [4.69, 9.17) is 0 Å². The first kappa shape index (κ1) is 12.3. The standard InChI is InChI=1S/C12H17F3N2O/c13-12(14,15)5-16-4-8(18)17-11-9-6-1-2-7(3-6)10(9)11/h6-7,9-11,16H,1-5H2,(H,17,18). The molecule has 0 heterocycles. The predicted molar refractivity (Wildman–Crippen MR) is 58.7 cm³/mol. The van der Waals surface area contributed by atoms with E-state index in [2.05, 4.69) is 10.6 Å². The number of carbonyl (C=O) groups excluding carboxylic acids is 1. The van der Waals surface area contributed by atoms with E-state index in [0.717, 1.165) is 11.8 Å². The molecule has 3 saturated carbocycles. The molecular formula is C12H17F3N2O. The second-order valence-corrected chi connectivity index (χ2v) is 5.80. The van der Waals surface area contributed by atoms with Gasteiger partial charge >= 0.3 is 6.18 Å². The largest absolute Gasteiger partial charge is 0.401 e. The molecule has 3 fully saturated rings. The number of alkyl halides is 3. The maximum absolute atomic E-state index is 11.9. The molecule has 102 valence electrons. The molecule has 0 aliphatic heterocycles. The van der Waals surface area contributed by atoms with Gasteiger partial charge in [0.05, 0.1) is 13.1 Å². The SMILES string of the molecule is O=C(CNCC(F)(F)F)NC1C2C3CCC(C3)C12. The van der Waals surface area contributed by atoms with Crippen LogP contribution in [-0.2, 0) is 4.79 Å². The molecule has 4 unspecified atom stereocenters. The summed E-state index contributed by atoms with van der Waals surface area (Å²) in [6.07, 6.45) is -0.418. The molecule has 0 saturated heterocycles. The van der Waals surface area contributed by atoms with Gasteiger partial charge in [0.15, 0.2) is 0 Å². The molecule has 6 heteroatoms. The van der Waals surface area contributed by atoms with Crippen LogP contribution in [0.3, 0.4) is 0 Å². The number of hydrogen-bond donors (Lipinski definition) is 2. The number of hydrogen-bond acceptors (Lipinski definition) is 2. The minimum Gasteiger partial charge on any atom is -0.352 e. The third kappa shape index (κ3) is 2.22. The average molecular weight is 262 g/mol. The van der Waals surface area contributed by atoms with E-state index in [9.17, 15) is 18.0 Å². The van der Waals surface area contributed by atoms with Gasteiger partial charge < -0.3 is 10.6 Å². The van der Waals surface area contributed by atoms with Crippen LogP contribution in [0.1, 0.15) is 19.3 Å². The first-order valence-corrected chi connectivity index (χ1v) is 6.52. The van der Waals surface area contributed by atoms with Crippen LogP contribution in [-0.4, -0.2) is 31.2 Å². The summed E-state index contributed by atoms with van der Waals surface area (Å²) in [5.74, 6) is 2.45. The minimum absolute atomic E-state index is 0.245. The number of carbonyl (C=O) groups is 1. The smallest absolute Gasteiger partial charge is 0.352 e. The molecule has 3 nitrogen and oxygen atoms in total. The molecule has 1 amide bonds. The van der Waals surface area contributed by atoms with E-state index in [1.807, 2.05) is 0 Å². The molecule has 0 radical (unpaired) electrons. The van der Waals surface area contributed by atoms with Crippen LogP contribution in [0.15, 0.2) is 0 Å². The van der Waals surface area contributed by atoms with Crippen molar-refractivity contribution in [2.45, 2.75) is 31.5 Å². The van der Waals surface area contributed by atoms with Gasteiger partial charge in [-0.2, -0.15) is 13.2 Å². The fraction of sp³-hybridized carbons (Fsp3) is 0.917. The van der Waals surface area contributed by atoms with E-state index >= 15 is 0 Å². The Morgan fingerprint density at radius 2 is 1.78 bits per heavy atom. The van der Waals surface area contributed by atoms with Gasteiger partial charge in [0.2, 0.25) is 5.91 Å². The van der Waals surface area contributed by atoms with Gasteiger partial charge in [0.25, 0.3) is 0 Å². The first-order valence-electron chi connectivity index (χ1n) is 6.52. The Labute approximate surface area is 103 Å². The van der Waals surface area contributed by atoms with Crippen LogP contribution >= 0.6 is 0 Å². The van der Waals surface area contributed by atoms with Gasteiger partial charge in [0.1, 0.15) is 0 Å². The predicted octanol–water partition coefficient (Wildman–Crippen LogP) is 1.30. The van der Waals surface area contributed by atoms with Crippen molar-refractivity contribution in [2.24, 2.45) is 23.7 Å². The molecule has 0 aromatic rings. The van der Waals surface area contributed by atoms with Gasteiger partial charge in [-0.1, -0.05) is 0 Å².